The van der Waals surface area contributed by atoms with Crippen molar-refractivity contribution in [3.63, 3.8) is 0 Å². The van der Waals surface area contributed by atoms with Crippen LogP contribution in [0.1, 0.15) is 12.8 Å². The zero-order chi connectivity index (χ0) is 19.8. The first-order valence-corrected chi connectivity index (χ1v) is 10.3. The zero-order valence-corrected chi connectivity index (χ0v) is 16.1. The minimum atomic E-state index is -3.88. The molecule has 0 radical (unpaired) electrons. The van der Waals surface area contributed by atoms with Crippen molar-refractivity contribution >= 4 is 15.9 Å². The van der Waals surface area contributed by atoms with Crippen molar-refractivity contribution in [2.75, 3.05) is 33.7 Å². The second-order valence-corrected chi connectivity index (χ2v) is 9.15. The molecule has 2 saturated heterocycles. The van der Waals surface area contributed by atoms with Gasteiger partial charge in [-0.1, -0.05) is 0 Å². The fourth-order valence-corrected chi connectivity index (χ4v) is 5.28. The highest BCUT2D eigenvalue weighted by molar-refractivity contribution is 7.89. The van der Waals surface area contributed by atoms with Crippen molar-refractivity contribution in [2.45, 2.75) is 23.8 Å². The standard InChI is InChI=1S/C17H24F2N4O3S/c1-22(2)17(24)13-10-20-21-16(13)11-5-7-23(8-6-11)27(25,26)12-3-4-14(18)15(19)9-12/h3-4,9,11,13,16,20-21H,5-8,10H2,1-2H3. The summed E-state index contributed by atoms with van der Waals surface area (Å²) in [5.74, 6) is -2.28. The summed E-state index contributed by atoms with van der Waals surface area (Å²) in [6.45, 7) is 1.08. The molecule has 1 amide bonds. The molecule has 150 valence electrons. The van der Waals surface area contributed by atoms with Crippen LogP contribution >= 0.6 is 0 Å². The Bertz CT molecular complexity index is 810. The molecule has 2 aliphatic heterocycles. The molecule has 1 aromatic rings. The number of nitrogens with one attached hydrogen (secondary N) is 2. The molecule has 2 atom stereocenters. The summed E-state index contributed by atoms with van der Waals surface area (Å²) in [5, 5.41) is 0. The fourth-order valence-electron chi connectivity index (χ4n) is 3.79. The van der Waals surface area contributed by atoms with E-state index in [4.69, 9.17) is 0 Å². The summed E-state index contributed by atoms with van der Waals surface area (Å²) in [5.41, 5.74) is 6.18. The maximum Gasteiger partial charge on any atom is 0.243 e. The van der Waals surface area contributed by atoms with Gasteiger partial charge in [-0.3, -0.25) is 15.6 Å². The van der Waals surface area contributed by atoms with E-state index in [9.17, 15) is 22.0 Å². The summed E-state index contributed by atoms with van der Waals surface area (Å²) in [6.07, 6.45) is 1.17. The second-order valence-electron chi connectivity index (χ2n) is 7.21. The largest absolute Gasteiger partial charge is 0.348 e. The van der Waals surface area contributed by atoms with Gasteiger partial charge in [0, 0.05) is 39.8 Å². The van der Waals surface area contributed by atoms with E-state index >= 15 is 0 Å². The first-order valence-electron chi connectivity index (χ1n) is 8.86. The van der Waals surface area contributed by atoms with Crippen LogP contribution in [0.3, 0.4) is 0 Å². The Labute approximate surface area is 157 Å². The highest BCUT2D eigenvalue weighted by Crippen LogP contribution is 2.30. The van der Waals surface area contributed by atoms with Crippen LogP contribution in [0.4, 0.5) is 8.78 Å². The van der Waals surface area contributed by atoms with Gasteiger partial charge < -0.3 is 4.90 Å². The van der Waals surface area contributed by atoms with Gasteiger partial charge in [-0.15, -0.1) is 0 Å². The molecule has 0 aromatic heterocycles. The molecule has 0 spiro atoms. The third-order valence-electron chi connectivity index (χ3n) is 5.32. The van der Waals surface area contributed by atoms with E-state index in [1.807, 2.05) is 0 Å². The highest BCUT2D eigenvalue weighted by atomic mass is 32.2. The SMILES string of the molecule is CN(C)C(=O)C1CNNC1C1CCN(S(=O)(=O)c2ccc(F)c(F)c2)CC1. The van der Waals surface area contributed by atoms with Gasteiger partial charge in [0.1, 0.15) is 0 Å². The van der Waals surface area contributed by atoms with E-state index in [-0.39, 0.29) is 41.8 Å². The lowest BCUT2D eigenvalue weighted by atomic mass is 9.83. The van der Waals surface area contributed by atoms with E-state index in [0.29, 0.717) is 25.5 Å². The van der Waals surface area contributed by atoms with Crippen molar-refractivity contribution in [3.8, 4) is 0 Å². The number of piperidine rings is 1. The van der Waals surface area contributed by atoms with Gasteiger partial charge in [-0.25, -0.2) is 17.2 Å². The number of carbonyl (C=O) groups is 1. The van der Waals surface area contributed by atoms with Gasteiger partial charge in [0.15, 0.2) is 11.6 Å². The van der Waals surface area contributed by atoms with Crippen LogP contribution in [0.15, 0.2) is 23.1 Å². The second kappa shape index (κ2) is 7.78. The van der Waals surface area contributed by atoms with Crippen LogP contribution < -0.4 is 10.9 Å². The third kappa shape index (κ3) is 3.98. The Hall–Kier alpha value is -1.62. The van der Waals surface area contributed by atoms with E-state index in [0.717, 1.165) is 12.1 Å². The molecule has 0 bridgehead atoms. The van der Waals surface area contributed by atoms with Crippen molar-refractivity contribution in [2.24, 2.45) is 11.8 Å². The molecule has 2 unspecified atom stereocenters. The maximum atomic E-state index is 13.4. The molecule has 2 N–H and O–H groups in total. The molecule has 2 fully saturated rings. The van der Waals surface area contributed by atoms with Crippen LogP contribution in [0, 0.1) is 23.5 Å². The topological polar surface area (TPSA) is 81.8 Å². The van der Waals surface area contributed by atoms with Gasteiger partial charge in [0.25, 0.3) is 0 Å². The number of carbonyl (C=O) groups excluding carboxylic acids is 1. The summed E-state index contributed by atoms with van der Waals surface area (Å²) in [4.78, 5) is 13.7. The predicted molar refractivity (Wildman–Crippen MR) is 95.0 cm³/mol. The summed E-state index contributed by atoms with van der Waals surface area (Å²) in [6, 6.07) is 2.55. The molecule has 0 saturated carbocycles. The van der Waals surface area contributed by atoms with Crippen LogP contribution in [0.25, 0.3) is 0 Å². The number of rotatable bonds is 4. The average Bonchev–Trinajstić information content (AvgIpc) is 3.12. The molecule has 0 aliphatic carbocycles. The molecule has 10 heteroatoms. The monoisotopic (exact) mass is 402 g/mol. The fraction of sp³-hybridized carbons (Fsp3) is 0.588. The first kappa shape index (κ1) is 20.1. The Morgan fingerprint density at radius 2 is 1.85 bits per heavy atom. The molecule has 27 heavy (non-hydrogen) atoms. The quantitative estimate of drug-likeness (QED) is 0.769. The number of amides is 1. The van der Waals surface area contributed by atoms with Crippen molar-refractivity contribution < 1.29 is 22.0 Å². The van der Waals surface area contributed by atoms with Crippen LogP contribution in [-0.2, 0) is 14.8 Å². The van der Waals surface area contributed by atoms with Crippen molar-refractivity contribution in [1.82, 2.24) is 20.1 Å². The van der Waals surface area contributed by atoms with Crippen LogP contribution in [0.2, 0.25) is 0 Å². The van der Waals surface area contributed by atoms with E-state index in [2.05, 4.69) is 10.9 Å². The van der Waals surface area contributed by atoms with E-state index in [1.165, 1.54) is 4.31 Å². The molecule has 3 rings (SSSR count). The van der Waals surface area contributed by atoms with Gasteiger partial charge in [-0.05, 0) is 37.0 Å². The predicted octanol–water partition coefficient (Wildman–Crippen LogP) is 0.546. The lowest BCUT2D eigenvalue weighted by molar-refractivity contribution is -0.133. The molecular formula is C17H24F2N4O3S. The minimum Gasteiger partial charge on any atom is -0.348 e. The third-order valence-corrected chi connectivity index (χ3v) is 7.21. The number of benzene rings is 1. The Balaban J connectivity index is 1.68. The summed E-state index contributed by atoms with van der Waals surface area (Å²) in [7, 11) is -0.442. The van der Waals surface area contributed by atoms with Gasteiger partial charge >= 0.3 is 0 Å². The maximum absolute atomic E-state index is 13.4. The smallest absolute Gasteiger partial charge is 0.243 e. The normalized spacial score (nSPS) is 24.9. The van der Waals surface area contributed by atoms with Gasteiger partial charge in [0.2, 0.25) is 15.9 Å². The van der Waals surface area contributed by atoms with Crippen molar-refractivity contribution in [3.05, 3.63) is 29.8 Å². The molecule has 2 heterocycles. The van der Waals surface area contributed by atoms with Gasteiger partial charge in [-0.2, -0.15) is 4.31 Å². The number of hydrazine groups is 1. The van der Waals surface area contributed by atoms with E-state index in [1.54, 1.807) is 19.0 Å². The lowest BCUT2D eigenvalue weighted by Crippen LogP contribution is -2.48. The Kier molecular flexibility index (Phi) is 5.80. The van der Waals surface area contributed by atoms with E-state index < -0.39 is 21.7 Å². The van der Waals surface area contributed by atoms with Crippen LogP contribution in [0.5, 0.6) is 0 Å². The molecular weight excluding hydrogens is 378 g/mol. The summed E-state index contributed by atoms with van der Waals surface area (Å²) >= 11 is 0. The highest BCUT2D eigenvalue weighted by Gasteiger charge is 2.41. The molecule has 1 aromatic carbocycles. The molecule has 2 aliphatic rings. The first-order chi connectivity index (χ1) is 12.7. The minimum absolute atomic E-state index is 0.0364. The number of nitrogens with zero attached hydrogens (tertiary/aromatic N) is 2. The Morgan fingerprint density at radius 1 is 1.19 bits per heavy atom. The molecule has 7 nitrogen and oxygen atoms in total. The zero-order valence-electron chi connectivity index (χ0n) is 15.3. The number of hydrogen-bond donors (Lipinski definition) is 2. The lowest BCUT2D eigenvalue weighted by Gasteiger charge is -2.35. The summed E-state index contributed by atoms with van der Waals surface area (Å²) < 4.78 is 53.2. The van der Waals surface area contributed by atoms with Gasteiger partial charge in [0.05, 0.1) is 10.8 Å². The number of hydrogen-bond acceptors (Lipinski definition) is 5. The number of sulfonamides is 1. The van der Waals surface area contributed by atoms with Crippen LogP contribution in [-0.4, -0.2) is 63.3 Å². The average molecular weight is 402 g/mol. The Morgan fingerprint density at radius 3 is 2.44 bits per heavy atom. The number of halogens is 2. The van der Waals surface area contributed by atoms with Crippen molar-refractivity contribution in [1.29, 1.82) is 0 Å².